The van der Waals surface area contributed by atoms with Crippen molar-refractivity contribution in [3.05, 3.63) is 90.6 Å². The van der Waals surface area contributed by atoms with E-state index in [4.69, 9.17) is 0 Å². The van der Waals surface area contributed by atoms with Crippen molar-refractivity contribution in [3.8, 4) is 17.1 Å². The van der Waals surface area contributed by atoms with Gasteiger partial charge in [0.25, 0.3) is 0 Å². The molecule has 132 valence electrons. The largest absolute Gasteiger partial charge is 0.306 e. The van der Waals surface area contributed by atoms with Gasteiger partial charge in [0.15, 0.2) is 5.82 Å². The minimum atomic E-state index is 0.741. The van der Waals surface area contributed by atoms with Gasteiger partial charge in [0.05, 0.1) is 29.1 Å². The maximum Gasteiger partial charge on any atom is 0.159 e. The van der Waals surface area contributed by atoms with Crippen molar-refractivity contribution >= 4 is 43.2 Å². The fourth-order valence-electron chi connectivity index (χ4n) is 3.88. The van der Waals surface area contributed by atoms with Crippen LogP contribution in [0.25, 0.3) is 49.0 Å². The first-order valence-corrected chi connectivity index (χ1v) is 10.0. The minimum absolute atomic E-state index is 0.741. The smallest absolute Gasteiger partial charge is 0.159 e. The zero-order valence-electron chi connectivity index (χ0n) is 14.9. The molecular weight excluding hydrogens is 362 g/mol. The Hall–Kier alpha value is -3.50. The summed E-state index contributed by atoms with van der Waals surface area (Å²) in [4.78, 5) is 9.28. The number of thiophene rings is 1. The Morgan fingerprint density at radius 3 is 2.36 bits per heavy atom. The van der Waals surface area contributed by atoms with Crippen molar-refractivity contribution in [2.24, 2.45) is 0 Å². The lowest BCUT2D eigenvalue weighted by Gasteiger charge is -2.08. The Bertz CT molecular complexity index is 1440. The topological polar surface area (TPSA) is 30.7 Å². The van der Waals surface area contributed by atoms with Gasteiger partial charge in [0.2, 0.25) is 0 Å². The Morgan fingerprint density at radius 2 is 1.50 bits per heavy atom. The molecule has 0 N–H and O–H groups in total. The molecule has 28 heavy (non-hydrogen) atoms. The molecule has 6 rings (SSSR count). The highest BCUT2D eigenvalue weighted by Crippen LogP contribution is 2.35. The molecule has 0 fully saturated rings. The summed E-state index contributed by atoms with van der Waals surface area (Å²) in [6.07, 6.45) is 3.83. The fourth-order valence-corrected chi connectivity index (χ4v) is 4.69. The molecule has 0 amide bonds. The quantitative estimate of drug-likeness (QED) is 0.347. The van der Waals surface area contributed by atoms with E-state index >= 15 is 0 Å². The van der Waals surface area contributed by atoms with E-state index in [0.717, 1.165) is 17.1 Å². The Morgan fingerprint density at radius 1 is 0.714 bits per heavy atom. The number of nitrogens with zero attached hydrogens (tertiary/aromatic N) is 3. The highest BCUT2D eigenvalue weighted by atomic mass is 32.1. The average molecular weight is 377 g/mol. The zero-order valence-corrected chi connectivity index (χ0v) is 15.7. The SMILES string of the molecule is c1ccc(-c2ncc(-n3c4ccccc4c4cc5sccc5cc43)cn2)cc1. The van der Waals surface area contributed by atoms with Crippen LogP contribution in [-0.4, -0.2) is 14.5 Å². The first kappa shape index (κ1) is 15.5. The number of aromatic nitrogens is 3. The number of benzene rings is 3. The summed E-state index contributed by atoms with van der Waals surface area (Å²) in [6.45, 7) is 0. The van der Waals surface area contributed by atoms with E-state index in [-0.39, 0.29) is 0 Å². The van der Waals surface area contributed by atoms with Gasteiger partial charge in [0, 0.05) is 21.0 Å². The molecule has 0 atom stereocenters. The monoisotopic (exact) mass is 377 g/mol. The minimum Gasteiger partial charge on any atom is -0.306 e. The van der Waals surface area contributed by atoms with Crippen molar-refractivity contribution < 1.29 is 0 Å². The van der Waals surface area contributed by atoms with Crippen molar-refractivity contribution in [2.45, 2.75) is 0 Å². The van der Waals surface area contributed by atoms with Crippen molar-refractivity contribution in [1.29, 1.82) is 0 Å². The normalized spacial score (nSPS) is 11.6. The predicted octanol–water partition coefficient (Wildman–Crippen LogP) is 6.46. The van der Waals surface area contributed by atoms with Crippen LogP contribution in [0.1, 0.15) is 0 Å². The summed E-state index contributed by atoms with van der Waals surface area (Å²) in [5.41, 5.74) is 4.35. The van der Waals surface area contributed by atoms with Crippen LogP contribution < -0.4 is 0 Å². The Kier molecular flexibility index (Phi) is 3.34. The second kappa shape index (κ2) is 6.01. The number of rotatable bonds is 2. The zero-order chi connectivity index (χ0) is 18.5. The standard InChI is InChI=1S/C24H15N3S/c1-2-6-16(7-3-1)24-25-14-18(15-26-24)27-21-9-5-4-8-19(21)20-13-23-17(10-11-28-23)12-22(20)27/h1-15H. The van der Waals surface area contributed by atoms with Gasteiger partial charge in [-0.3, -0.25) is 0 Å². The molecule has 3 aromatic carbocycles. The molecule has 0 bridgehead atoms. The first-order chi connectivity index (χ1) is 13.9. The molecule has 0 aliphatic rings. The molecule has 0 unspecified atom stereocenters. The lowest BCUT2D eigenvalue weighted by atomic mass is 10.1. The molecule has 0 aliphatic heterocycles. The van der Waals surface area contributed by atoms with Gasteiger partial charge in [0.1, 0.15) is 0 Å². The van der Waals surface area contributed by atoms with Crippen LogP contribution in [0, 0.1) is 0 Å². The van der Waals surface area contributed by atoms with Crippen LogP contribution in [0.15, 0.2) is 90.6 Å². The van der Waals surface area contributed by atoms with Gasteiger partial charge < -0.3 is 4.57 Å². The van der Waals surface area contributed by atoms with E-state index < -0.39 is 0 Å². The maximum atomic E-state index is 4.64. The summed E-state index contributed by atoms with van der Waals surface area (Å²) in [5.74, 6) is 0.741. The highest BCUT2D eigenvalue weighted by Gasteiger charge is 2.14. The fraction of sp³-hybridized carbons (Fsp3) is 0. The van der Waals surface area contributed by atoms with E-state index in [2.05, 4.69) is 62.4 Å². The van der Waals surface area contributed by atoms with Crippen molar-refractivity contribution in [3.63, 3.8) is 0 Å². The van der Waals surface area contributed by atoms with Gasteiger partial charge in [-0.05, 0) is 35.0 Å². The number of hydrogen-bond donors (Lipinski definition) is 0. The number of para-hydroxylation sites is 1. The summed E-state index contributed by atoms with van der Waals surface area (Å²) in [7, 11) is 0. The van der Waals surface area contributed by atoms with E-state index in [1.54, 1.807) is 11.3 Å². The summed E-state index contributed by atoms with van der Waals surface area (Å²) < 4.78 is 3.57. The second-order valence-corrected chi connectivity index (χ2v) is 7.76. The Labute approximate surface area is 165 Å². The molecule has 6 aromatic rings. The van der Waals surface area contributed by atoms with Gasteiger partial charge in [-0.1, -0.05) is 48.5 Å². The molecule has 4 heteroatoms. The highest BCUT2D eigenvalue weighted by molar-refractivity contribution is 7.17. The van der Waals surface area contributed by atoms with Crippen molar-refractivity contribution in [1.82, 2.24) is 14.5 Å². The lowest BCUT2D eigenvalue weighted by Crippen LogP contribution is -1.97. The third kappa shape index (κ3) is 2.28. The molecule has 0 spiro atoms. The molecule has 0 radical (unpaired) electrons. The molecule has 0 saturated heterocycles. The van der Waals surface area contributed by atoms with Crippen LogP contribution in [0.2, 0.25) is 0 Å². The molecule has 0 aliphatic carbocycles. The third-order valence-electron chi connectivity index (χ3n) is 5.18. The van der Waals surface area contributed by atoms with Crippen LogP contribution in [0.3, 0.4) is 0 Å². The predicted molar refractivity (Wildman–Crippen MR) is 117 cm³/mol. The van der Waals surface area contributed by atoms with Crippen molar-refractivity contribution in [2.75, 3.05) is 0 Å². The maximum absolute atomic E-state index is 4.64. The molecule has 3 heterocycles. The van der Waals surface area contributed by atoms with Crippen LogP contribution in [0.5, 0.6) is 0 Å². The van der Waals surface area contributed by atoms with Gasteiger partial charge >= 0.3 is 0 Å². The molecular formula is C24H15N3S. The van der Waals surface area contributed by atoms with Crippen LogP contribution in [-0.2, 0) is 0 Å². The average Bonchev–Trinajstić information content (AvgIpc) is 3.35. The number of fused-ring (bicyclic) bond motifs is 4. The second-order valence-electron chi connectivity index (χ2n) is 6.81. The van der Waals surface area contributed by atoms with Crippen LogP contribution >= 0.6 is 11.3 Å². The number of hydrogen-bond acceptors (Lipinski definition) is 3. The molecule has 3 nitrogen and oxygen atoms in total. The third-order valence-corrected chi connectivity index (χ3v) is 6.05. The van der Waals surface area contributed by atoms with E-state index in [9.17, 15) is 0 Å². The van der Waals surface area contributed by atoms with E-state index in [0.29, 0.717) is 0 Å². The van der Waals surface area contributed by atoms with Gasteiger partial charge in [-0.15, -0.1) is 11.3 Å². The summed E-state index contributed by atoms with van der Waals surface area (Å²) in [5, 5.41) is 5.93. The van der Waals surface area contributed by atoms with Crippen LogP contribution in [0.4, 0.5) is 0 Å². The Balaban J connectivity index is 1.62. The van der Waals surface area contributed by atoms with E-state index in [1.807, 2.05) is 42.7 Å². The van der Waals surface area contributed by atoms with E-state index in [1.165, 1.54) is 31.9 Å². The summed E-state index contributed by atoms with van der Waals surface area (Å²) >= 11 is 1.78. The first-order valence-electron chi connectivity index (χ1n) is 9.17. The molecule has 0 saturated carbocycles. The summed E-state index contributed by atoms with van der Waals surface area (Å²) in [6, 6.07) is 25.3. The van der Waals surface area contributed by atoms with Gasteiger partial charge in [-0.25, -0.2) is 9.97 Å². The van der Waals surface area contributed by atoms with Gasteiger partial charge in [-0.2, -0.15) is 0 Å². The lowest BCUT2D eigenvalue weighted by molar-refractivity contribution is 1.08. The molecule has 3 aromatic heterocycles.